The highest BCUT2D eigenvalue weighted by Crippen LogP contribution is 2.29. The summed E-state index contributed by atoms with van der Waals surface area (Å²) in [5.41, 5.74) is 0.642. The molecule has 0 bridgehead atoms. The van der Waals surface area contributed by atoms with E-state index in [4.69, 9.17) is 9.47 Å². The average molecular weight is 294 g/mol. The molecular formula is C15H22N2O4. The molecule has 1 aromatic carbocycles. The van der Waals surface area contributed by atoms with Crippen molar-refractivity contribution < 1.29 is 19.4 Å². The summed E-state index contributed by atoms with van der Waals surface area (Å²) in [5, 5.41) is 13.5. The molecule has 0 aliphatic carbocycles. The van der Waals surface area contributed by atoms with Gasteiger partial charge in [0.2, 0.25) is 5.91 Å². The molecule has 0 spiro atoms. The van der Waals surface area contributed by atoms with Crippen molar-refractivity contribution in [3.8, 4) is 11.5 Å². The maximum absolute atomic E-state index is 11.8. The first-order valence-corrected chi connectivity index (χ1v) is 6.95. The molecule has 6 heteroatoms. The molecule has 2 N–H and O–H groups in total. The van der Waals surface area contributed by atoms with Gasteiger partial charge < -0.3 is 24.8 Å². The minimum atomic E-state index is -0.770. The summed E-state index contributed by atoms with van der Waals surface area (Å²) in [6, 6.07) is 5.05. The van der Waals surface area contributed by atoms with Gasteiger partial charge in [0.1, 0.15) is 11.5 Å². The summed E-state index contributed by atoms with van der Waals surface area (Å²) < 4.78 is 10.4. The number of ether oxygens (including phenoxy) is 2. The molecule has 21 heavy (non-hydrogen) atoms. The normalized spacial score (nSPS) is 19.7. The van der Waals surface area contributed by atoms with E-state index >= 15 is 0 Å². The van der Waals surface area contributed by atoms with E-state index in [-0.39, 0.29) is 18.5 Å². The van der Waals surface area contributed by atoms with E-state index in [1.54, 1.807) is 44.4 Å². The van der Waals surface area contributed by atoms with Gasteiger partial charge in [-0.15, -0.1) is 0 Å². The van der Waals surface area contributed by atoms with Crippen LogP contribution in [0.2, 0.25) is 0 Å². The molecule has 1 amide bonds. The van der Waals surface area contributed by atoms with Gasteiger partial charge in [0, 0.05) is 25.7 Å². The van der Waals surface area contributed by atoms with E-state index in [1.807, 2.05) is 0 Å². The number of hydrogen-bond acceptors (Lipinski definition) is 5. The summed E-state index contributed by atoms with van der Waals surface area (Å²) >= 11 is 0. The highest BCUT2D eigenvalue weighted by Gasteiger charge is 2.29. The molecule has 0 saturated carbocycles. The number of benzene rings is 1. The zero-order valence-electron chi connectivity index (χ0n) is 12.6. The number of aliphatic hydroxyl groups excluding tert-OH is 1. The zero-order valence-corrected chi connectivity index (χ0v) is 12.6. The molecular weight excluding hydrogens is 272 g/mol. The summed E-state index contributed by atoms with van der Waals surface area (Å²) in [7, 11) is 4.91. The standard InChI is InChI=1S/C15H22N2O4/c1-17-7-6-12(15(17)19)16-9-13(18)11-8-10(20-2)4-5-14(11)21-3/h4-5,8,12-13,16,18H,6-7,9H2,1-3H3. The van der Waals surface area contributed by atoms with Crippen LogP contribution in [0.4, 0.5) is 0 Å². The van der Waals surface area contributed by atoms with Crippen molar-refractivity contribution in [1.29, 1.82) is 0 Å². The lowest BCUT2D eigenvalue weighted by atomic mass is 10.1. The van der Waals surface area contributed by atoms with Crippen LogP contribution in [0, 0.1) is 0 Å². The van der Waals surface area contributed by atoms with E-state index in [2.05, 4.69) is 5.32 Å². The number of carbonyl (C=O) groups excluding carboxylic acids is 1. The van der Waals surface area contributed by atoms with Gasteiger partial charge in [-0.25, -0.2) is 0 Å². The van der Waals surface area contributed by atoms with E-state index in [9.17, 15) is 9.90 Å². The molecule has 2 unspecified atom stereocenters. The first kappa shape index (κ1) is 15.6. The number of nitrogens with zero attached hydrogens (tertiary/aromatic N) is 1. The minimum absolute atomic E-state index is 0.0693. The summed E-state index contributed by atoms with van der Waals surface area (Å²) in [4.78, 5) is 13.5. The van der Waals surface area contributed by atoms with Gasteiger partial charge in [-0.2, -0.15) is 0 Å². The van der Waals surface area contributed by atoms with Crippen LogP contribution < -0.4 is 14.8 Å². The van der Waals surface area contributed by atoms with Crippen LogP contribution in [0.25, 0.3) is 0 Å². The minimum Gasteiger partial charge on any atom is -0.497 e. The summed E-state index contributed by atoms with van der Waals surface area (Å²) in [6.07, 6.45) is -0.00846. The predicted molar refractivity (Wildman–Crippen MR) is 78.6 cm³/mol. The number of aliphatic hydroxyl groups is 1. The quantitative estimate of drug-likeness (QED) is 0.802. The monoisotopic (exact) mass is 294 g/mol. The van der Waals surface area contributed by atoms with E-state index in [0.29, 0.717) is 17.1 Å². The van der Waals surface area contributed by atoms with Gasteiger partial charge in [-0.05, 0) is 24.6 Å². The average Bonchev–Trinajstić information content (AvgIpc) is 2.83. The van der Waals surface area contributed by atoms with Crippen molar-refractivity contribution in [3.05, 3.63) is 23.8 Å². The predicted octanol–water partition coefficient (Wildman–Crippen LogP) is 0.557. The van der Waals surface area contributed by atoms with Crippen LogP contribution >= 0.6 is 0 Å². The lowest BCUT2D eigenvalue weighted by Gasteiger charge is -2.18. The number of rotatable bonds is 6. The molecule has 1 saturated heterocycles. The molecule has 1 fully saturated rings. The smallest absolute Gasteiger partial charge is 0.239 e. The van der Waals surface area contributed by atoms with Crippen LogP contribution in [0.1, 0.15) is 18.1 Å². The number of amides is 1. The Bertz CT molecular complexity index is 506. The van der Waals surface area contributed by atoms with Crippen molar-refractivity contribution in [2.24, 2.45) is 0 Å². The second kappa shape index (κ2) is 6.78. The van der Waals surface area contributed by atoms with Crippen molar-refractivity contribution in [2.45, 2.75) is 18.6 Å². The van der Waals surface area contributed by atoms with E-state index < -0.39 is 6.10 Å². The molecule has 116 valence electrons. The second-order valence-electron chi connectivity index (χ2n) is 5.13. The Morgan fingerprint density at radius 2 is 2.19 bits per heavy atom. The van der Waals surface area contributed by atoms with Crippen LogP contribution in [0.15, 0.2) is 18.2 Å². The first-order valence-electron chi connectivity index (χ1n) is 6.95. The van der Waals surface area contributed by atoms with Crippen LogP contribution in [-0.4, -0.2) is 56.3 Å². The Balaban J connectivity index is 2.02. The third-order valence-corrected chi connectivity index (χ3v) is 3.78. The SMILES string of the molecule is COc1ccc(OC)c(C(O)CNC2CCN(C)C2=O)c1. The highest BCUT2D eigenvalue weighted by atomic mass is 16.5. The number of hydrogen-bond donors (Lipinski definition) is 2. The maximum atomic E-state index is 11.8. The molecule has 0 aromatic heterocycles. The van der Waals surface area contributed by atoms with Crippen molar-refractivity contribution in [2.75, 3.05) is 34.4 Å². The molecule has 1 aliphatic rings. The van der Waals surface area contributed by atoms with Gasteiger partial charge in [0.05, 0.1) is 26.4 Å². The Morgan fingerprint density at radius 1 is 1.43 bits per heavy atom. The van der Waals surface area contributed by atoms with Gasteiger partial charge >= 0.3 is 0 Å². The number of nitrogens with one attached hydrogen (secondary N) is 1. The fourth-order valence-corrected chi connectivity index (χ4v) is 2.48. The van der Waals surface area contributed by atoms with Crippen LogP contribution in [0.3, 0.4) is 0 Å². The molecule has 2 atom stereocenters. The zero-order chi connectivity index (χ0) is 15.4. The summed E-state index contributed by atoms with van der Waals surface area (Å²) in [6.45, 7) is 1.03. The Morgan fingerprint density at radius 3 is 2.76 bits per heavy atom. The molecule has 1 aromatic rings. The lowest BCUT2D eigenvalue weighted by Crippen LogP contribution is -2.39. The largest absolute Gasteiger partial charge is 0.497 e. The van der Waals surface area contributed by atoms with Gasteiger partial charge in [-0.1, -0.05) is 0 Å². The maximum Gasteiger partial charge on any atom is 0.239 e. The highest BCUT2D eigenvalue weighted by molar-refractivity contribution is 5.83. The molecule has 2 rings (SSSR count). The topological polar surface area (TPSA) is 71.0 Å². The molecule has 1 heterocycles. The molecule has 6 nitrogen and oxygen atoms in total. The Kier molecular flexibility index (Phi) is 5.03. The molecule has 0 radical (unpaired) electrons. The van der Waals surface area contributed by atoms with Gasteiger partial charge in [-0.3, -0.25) is 4.79 Å². The Labute approximate surface area is 124 Å². The number of likely N-dealkylation sites (N-methyl/N-ethyl adjacent to an activating group) is 1. The van der Waals surface area contributed by atoms with Crippen molar-refractivity contribution in [1.82, 2.24) is 10.2 Å². The summed E-state index contributed by atoms with van der Waals surface area (Å²) in [5.74, 6) is 1.32. The number of methoxy groups -OCH3 is 2. The third-order valence-electron chi connectivity index (χ3n) is 3.78. The van der Waals surface area contributed by atoms with Crippen LogP contribution in [0.5, 0.6) is 11.5 Å². The first-order chi connectivity index (χ1) is 10.1. The Hall–Kier alpha value is -1.79. The fourth-order valence-electron chi connectivity index (χ4n) is 2.48. The van der Waals surface area contributed by atoms with E-state index in [1.165, 1.54) is 0 Å². The lowest BCUT2D eigenvalue weighted by molar-refractivity contribution is -0.128. The van der Waals surface area contributed by atoms with Crippen molar-refractivity contribution >= 4 is 5.91 Å². The second-order valence-corrected chi connectivity index (χ2v) is 5.13. The number of likely N-dealkylation sites (tertiary alicyclic amines) is 1. The van der Waals surface area contributed by atoms with Crippen molar-refractivity contribution in [3.63, 3.8) is 0 Å². The third kappa shape index (κ3) is 3.46. The van der Waals surface area contributed by atoms with E-state index in [0.717, 1.165) is 13.0 Å². The van der Waals surface area contributed by atoms with Gasteiger partial charge in [0.15, 0.2) is 0 Å². The van der Waals surface area contributed by atoms with Crippen LogP contribution in [-0.2, 0) is 4.79 Å². The van der Waals surface area contributed by atoms with Gasteiger partial charge in [0.25, 0.3) is 0 Å². The molecule has 1 aliphatic heterocycles. The fraction of sp³-hybridized carbons (Fsp3) is 0.533. The number of carbonyl (C=O) groups is 1.